The third-order valence-electron chi connectivity index (χ3n) is 6.27. The summed E-state index contributed by atoms with van der Waals surface area (Å²) in [4.78, 5) is 2.65. The van der Waals surface area contributed by atoms with Gasteiger partial charge in [0.1, 0.15) is 0 Å². The number of rotatable bonds is 0. The van der Waals surface area contributed by atoms with Crippen LogP contribution in [0.3, 0.4) is 0 Å². The van der Waals surface area contributed by atoms with Crippen molar-refractivity contribution < 1.29 is 10.2 Å². The van der Waals surface area contributed by atoms with Crippen LogP contribution in [0.15, 0.2) is 11.6 Å². The molecule has 19 heavy (non-hydrogen) atoms. The van der Waals surface area contributed by atoms with Gasteiger partial charge in [-0.1, -0.05) is 13.0 Å². The first-order valence-corrected chi connectivity index (χ1v) is 7.96. The lowest BCUT2D eigenvalue weighted by molar-refractivity contribution is -0.159. The summed E-state index contributed by atoms with van der Waals surface area (Å²) in [6, 6.07) is 0. The topological polar surface area (TPSA) is 43.7 Å². The van der Waals surface area contributed by atoms with Crippen LogP contribution in [0.2, 0.25) is 0 Å². The van der Waals surface area contributed by atoms with Gasteiger partial charge in [0.05, 0.1) is 12.2 Å². The van der Waals surface area contributed by atoms with Gasteiger partial charge in [0.15, 0.2) is 0 Å². The highest BCUT2D eigenvalue weighted by atomic mass is 16.3. The molecule has 3 nitrogen and oxygen atoms in total. The molecule has 2 N–H and O–H groups in total. The van der Waals surface area contributed by atoms with E-state index in [0.717, 1.165) is 25.8 Å². The fourth-order valence-electron chi connectivity index (χ4n) is 5.73. The fraction of sp³-hybridized carbons (Fsp3) is 0.875. The van der Waals surface area contributed by atoms with Crippen LogP contribution in [0.5, 0.6) is 0 Å². The standard InChI is InChI=1S/C16H25NO2/c1-10-8-11-12-4-2-6-17-7-3-5-13(15(19)14(11)18)16(12,17)9-10/h4,10-11,13-15,18-19H,2-3,5-9H2,1H3. The molecule has 3 heteroatoms. The van der Waals surface area contributed by atoms with E-state index in [2.05, 4.69) is 17.9 Å². The first kappa shape index (κ1) is 12.4. The highest BCUT2D eigenvalue weighted by molar-refractivity contribution is 5.36. The molecule has 6 atom stereocenters. The van der Waals surface area contributed by atoms with E-state index >= 15 is 0 Å². The van der Waals surface area contributed by atoms with E-state index in [4.69, 9.17) is 0 Å². The molecule has 1 spiro atoms. The van der Waals surface area contributed by atoms with Gasteiger partial charge in [0, 0.05) is 23.9 Å². The Bertz CT molecular complexity index is 421. The van der Waals surface area contributed by atoms with Crippen LogP contribution in [-0.4, -0.2) is 45.9 Å². The number of hydrogen-bond donors (Lipinski definition) is 2. The predicted octanol–water partition coefficient (Wildman–Crippen LogP) is 1.55. The summed E-state index contributed by atoms with van der Waals surface area (Å²) in [5.74, 6) is 1.11. The third-order valence-corrected chi connectivity index (χ3v) is 6.27. The molecule has 2 aliphatic heterocycles. The molecule has 0 aromatic heterocycles. The summed E-state index contributed by atoms with van der Waals surface area (Å²) < 4.78 is 0. The zero-order valence-corrected chi connectivity index (χ0v) is 11.8. The Hall–Kier alpha value is -0.380. The Labute approximate surface area is 115 Å². The molecule has 106 valence electrons. The second-order valence-corrected chi connectivity index (χ2v) is 7.24. The molecule has 4 rings (SSSR count). The molecule has 6 unspecified atom stereocenters. The van der Waals surface area contributed by atoms with Gasteiger partial charge >= 0.3 is 0 Å². The van der Waals surface area contributed by atoms with Crippen molar-refractivity contribution in [3.8, 4) is 0 Å². The van der Waals surface area contributed by atoms with E-state index in [-0.39, 0.29) is 17.4 Å². The summed E-state index contributed by atoms with van der Waals surface area (Å²) in [5.41, 5.74) is 1.58. The molecule has 2 saturated carbocycles. The van der Waals surface area contributed by atoms with Gasteiger partial charge in [-0.3, -0.25) is 4.90 Å². The first-order valence-electron chi connectivity index (χ1n) is 7.96. The summed E-state index contributed by atoms with van der Waals surface area (Å²) in [7, 11) is 0. The normalized spacial score (nSPS) is 53.4. The second-order valence-electron chi connectivity index (χ2n) is 7.24. The maximum atomic E-state index is 10.6. The van der Waals surface area contributed by atoms with Crippen molar-refractivity contribution in [1.82, 2.24) is 4.90 Å². The van der Waals surface area contributed by atoms with E-state index in [9.17, 15) is 10.2 Å². The highest BCUT2D eigenvalue weighted by Gasteiger charge is 2.62. The van der Waals surface area contributed by atoms with Gasteiger partial charge in [-0.25, -0.2) is 0 Å². The van der Waals surface area contributed by atoms with Crippen molar-refractivity contribution in [2.24, 2.45) is 17.8 Å². The van der Waals surface area contributed by atoms with Gasteiger partial charge in [-0.2, -0.15) is 0 Å². The maximum Gasteiger partial charge on any atom is 0.0868 e. The molecule has 3 fully saturated rings. The van der Waals surface area contributed by atoms with E-state index in [0.29, 0.717) is 5.92 Å². The van der Waals surface area contributed by atoms with Crippen LogP contribution in [0.4, 0.5) is 0 Å². The zero-order valence-electron chi connectivity index (χ0n) is 11.8. The fourth-order valence-corrected chi connectivity index (χ4v) is 5.73. The first-order chi connectivity index (χ1) is 9.14. The third kappa shape index (κ3) is 1.44. The minimum atomic E-state index is -0.537. The predicted molar refractivity (Wildman–Crippen MR) is 73.6 cm³/mol. The second kappa shape index (κ2) is 4.06. The lowest BCUT2D eigenvalue weighted by Crippen LogP contribution is -2.71. The number of aliphatic hydroxyl groups excluding tert-OH is 2. The average Bonchev–Trinajstić information content (AvgIpc) is 2.40. The van der Waals surface area contributed by atoms with Crippen LogP contribution < -0.4 is 0 Å². The zero-order chi connectivity index (χ0) is 13.2. The molecule has 0 aromatic carbocycles. The van der Waals surface area contributed by atoms with Crippen LogP contribution >= 0.6 is 0 Å². The van der Waals surface area contributed by atoms with Gasteiger partial charge in [0.2, 0.25) is 0 Å². The molecule has 0 radical (unpaired) electrons. The molecule has 0 aromatic rings. The van der Waals surface area contributed by atoms with Gasteiger partial charge in [0.25, 0.3) is 0 Å². The van der Waals surface area contributed by atoms with Crippen LogP contribution in [0.25, 0.3) is 0 Å². The van der Waals surface area contributed by atoms with Crippen LogP contribution in [-0.2, 0) is 0 Å². The Morgan fingerprint density at radius 2 is 2.11 bits per heavy atom. The largest absolute Gasteiger partial charge is 0.390 e. The molecular weight excluding hydrogens is 238 g/mol. The molecule has 2 aliphatic carbocycles. The van der Waals surface area contributed by atoms with Crippen molar-refractivity contribution in [3.63, 3.8) is 0 Å². The maximum absolute atomic E-state index is 10.6. The van der Waals surface area contributed by atoms with E-state index in [1.165, 1.54) is 25.0 Å². The Morgan fingerprint density at radius 1 is 1.26 bits per heavy atom. The average molecular weight is 263 g/mol. The smallest absolute Gasteiger partial charge is 0.0868 e. The van der Waals surface area contributed by atoms with Gasteiger partial charge < -0.3 is 10.2 Å². The summed E-state index contributed by atoms with van der Waals surface area (Å²) in [6.45, 7) is 4.64. The van der Waals surface area contributed by atoms with E-state index < -0.39 is 12.2 Å². The molecule has 2 bridgehead atoms. The Balaban J connectivity index is 1.88. The Morgan fingerprint density at radius 3 is 2.95 bits per heavy atom. The minimum absolute atomic E-state index is 0.0947. The SMILES string of the molecule is CC1CC2C3=CCCN4CCCC(C(O)C2O)C34C1. The van der Waals surface area contributed by atoms with Crippen molar-refractivity contribution in [3.05, 3.63) is 11.6 Å². The number of piperidine rings is 1. The number of nitrogens with zero attached hydrogens (tertiary/aromatic N) is 1. The van der Waals surface area contributed by atoms with Crippen molar-refractivity contribution in [2.75, 3.05) is 13.1 Å². The van der Waals surface area contributed by atoms with Crippen LogP contribution in [0, 0.1) is 17.8 Å². The monoisotopic (exact) mass is 263 g/mol. The van der Waals surface area contributed by atoms with E-state index in [1.54, 1.807) is 0 Å². The highest BCUT2D eigenvalue weighted by Crippen LogP contribution is 2.58. The molecule has 0 amide bonds. The van der Waals surface area contributed by atoms with Crippen molar-refractivity contribution >= 4 is 0 Å². The molecular formula is C16H25NO2. The van der Waals surface area contributed by atoms with Gasteiger partial charge in [-0.05, 0) is 50.1 Å². The number of aliphatic hydroxyl groups is 2. The lowest BCUT2D eigenvalue weighted by Gasteiger charge is -2.65. The molecule has 4 aliphatic rings. The quantitative estimate of drug-likeness (QED) is 0.652. The summed E-state index contributed by atoms with van der Waals surface area (Å²) in [5, 5.41) is 21.2. The lowest BCUT2D eigenvalue weighted by atomic mass is 9.51. The minimum Gasteiger partial charge on any atom is -0.390 e. The van der Waals surface area contributed by atoms with Crippen molar-refractivity contribution in [2.45, 2.75) is 56.8 Å². The molecule has 1 saturated heterocycles. The molecule has 2 heterocycles. The van der Waals surface area contributed by atoms with Crippen molar-refractivity contribution in [1.29, 1.82) is 0 Å². The summed E-state index contributed by atoms with van der Waals surface area (Å²) >= 11 is 0. The number of hydrogen-bond acceptors (Lipinski definition) is 3. The van der Waals surface area contributed by atoms with E-state index in [1.807, 2.05) is 0 Å². The summed E-state index contributed by atoms with van der Waals surface area (Å²) in [6.07, 6.45) is 6.95. The van der Waals surface area contributed by atoms with Gasteiger partial charge in [-0.15, -0.1) is 0 Å². The van der Waals surface area contributed by atoms with Crippen LogP contribution in [0.1, 0.15) is 39.0 Å². The Kier molecular flexibility index (Phi) is 2.64.